The Kier molecular flexibility index (Phi) is 5.78. The summed E-state index contributed by atoms with van der Waals surface area (Å²) in [5.74, 6) is -0.417. The molecule has 1 aromatic heterocycles. The van der Waals surface area contributed by atoms with Gasteiger partial charge in [-0.1, -0.05) is 54.6 Å². The zero-order valence-corrected chi connectivity index (χ0v) is 19.7. The molecule has 2 N–H and O–H groups in total. The standard InChI is InChI=1S/C27H28F2N2O4/c1-31(2)15-19-22(16-7-5-4-6-8-16)27(18-11-9-17(10-12-18)25(28)29)26(33,24(19)32)23-20(34-3)13-30-14-21(23)35-27/h4-14,19,22,24-25,32-33H,15H2,1-3H3/t19-,22-,24-,26+,27+/m1/s1. The normalized spacial score (nSPS) is 29.2. The Morgan fingerprint density at radius 2 is 1.77 bits per heavy atom. The summed E-state index contributed by atoms with van der Waals surface area (Å²) in [6.07, 6.45) is -0.937. The van der Waals surface area contributed by atoms with Gasteiger partial charge in [-0.2, -0.15) is 0 Å². The lowest BCUT2D eigenvalue weighted by Gasteiger charge is -2.41. The number of benzene rings is 2. The van der Waals surface area contributed by atoms with E-state index >= 15 is 0 Å². The maximum atomic E-state index is 13.4. The Balaban J connectivity index is 1.83. The van der Waals surface area contributed by atoms with Crippen LogP contribution in [0.2, 0.25) is 0 Å². The lowest BCUT2D eigenvalue weighted by molar-refractivity contribution is -0.152. The molecule has 1 fully saturated rings. The molecule has 5 atom stereocenters. The third-order valence-electron chi connectivity index (χ3n) is 7.34. The van der Waals surface area contributed by atoms with Crippen LogP contribution in [0.3, 0.4) is 0 Å². The number of halogens is 2. The van der Waals surface area contributed by atoms with Gasteiger partial charge in [0.1, 0.15) is 11.5 Å². The summed E-state index contributed by atoms with van der Waals surface area (Å²) in [6, 6.07) is 15.3. The van der Waals surface area contributed by atoms with Crippen LogP contribution in [-0.2, 0) is 11.2 Å². The molecule has 0 amide bonds. The average molecular weight is 483 g/mol. The first-order valence-corrected chi connectivity index (χ1v) is 11.5. The molecule has 0 spiro atoms. The minimum Gasteiger partial charge on any atom is -0.495 e. The minimum absolute atomic E-state index is 0.136. The molecular weight excluding hydrogens is 454 g/mol. The van der Waals surface area contributed by atoms with Gasteiger partial charge in [0.25, 0.3) is 6.43 Å². The largest absolute Gasteiger partial charge is 0.495 e. The molecule has 2 aliphatic rings. The molecule has 2 heterocycles. The van der Waals surface area contributed by atoms with E-state index in [1.165, 1.54) is 31.6 Å². The van der Waals surface area contributed by atoms with Crippen molar-refractivity contribution in [2.24, 2.45) is 5.92 Å². The van der Waals surface area contributed by atoms with Crippen molar-refractivity contribution in [2.45, 2.75) is 29.6 Å². The molecule has 184 valence electrons. The first-order chi connectivity index (χ1) is 16.8. The second-order valence-corrected chi connectivity index (χ2v) is 9.50. The van der Waals surface area contributed by atoms with Crippen LogP contribution in [0, 0.1) is 5.92 Å². The summed E-state index contributed by atoms with van der Waals surface area (Å²) < 4.78 is 39.0. The van der Waals surface area contributed by atoms with Crippen molar-refractivity contribution in [3.05, 3.63) is 89.2 Å². The van der Waals surface area contributed by atoms with Gasteiger partial charge >= 0.3 is 0 Å². The van der Waals surface area contributed by atoms with Crippen molar-refractivity contribution in [1.29, 1.82) is 0 Å². The highest BCUT2D eigenvalue weighted by atomic mass is 19.3. The Morgan fingerprint density at radius 3 is 2.37 bits per heavy atom. The van der Waals surface area contributed by atoms with Crippen LogP contribution in [0.15, 0.2) is 67.0 Å². The number of hydrogen-bond acceptors (Lipinski definition) is 6. The number of pyridine rings is 1. The number of nitrogens with zero attached hydrogens (tertiary/aromatic N) is 2. The number of alkyl halides is 2. The van der Waals surface area contributed by atoms with Gasteiger partial charge in [0.05, 0.1) is 31.2 Å². The molecule has 5 rings (SSSR count). The average Bonchev–Trinajstić information content (AvgIpc) is 3.23. The molecular formula is C27H28F2N2O4. The van der Waals surface area contributed by atoms with E-state index < -0.39 is 35.6 Å². The zero-order valence-electron chi connectivity index (χ0n) is 19.7. The number of hydrogen-bond donors (Lipinski definition) is 2. The van der Waals surface area contributed by atoms with E-state index in [0.29, 0.717) is 17.7 Å². The van der Waals surface area contributed by atoms with E-state index in [-0.39, 0.29) is 17.1 Å². The Hall–Kier alpha value is -3.07. The number of aliphatic hydroxyl groups is 2. The molecule has 1 aliphatic carbocycles. The summed E-state index contributed by atoms with van der Waals surface area (Å²) in [6.45, 7) is 0.450. The SMILES string of the molecule is COc1cncc2c1[C@]1(O)[C@H](O)[C@H](CN(C)C)[C@@H](c3ccccc3)[C@]1(c1ccc(C(F)F)cc1)O2. The minimum atomic E-state index is -2.63. The number of fused-ring (bicyclic) bond motifs is 3. The highest BCUT2D eigenvalue weighted by Gasteiger charge is 2.76. The highest BCUT2D eigenvalue weighted by Crippen LogP contribution is 2.69. The van der Waals surface area contributed by atoms with Gasteiger partial charge < -0.3 is 24.6 Å². The van der Waals surface area contributed by atoms with Gasteiger partial charge in [-0.3, -0.25) is 4.98 Å². The molecule has 1 saturated carbocycles. The predicted octanol–water partition coefficient (Wildman–Crippen LogP) is 3.84. The maximum Gasteiger partial charge on any atom is 0.263 e. The second-order valence-electron chi connectivity index (χ2n) is 9.50. The van der Waals surface area contributed by atoms with Crippen molar-refractivity contribution >= 4 is 0 Å². The van der Waals surface area contributed by atoms with Gasteiger partial charge in [0, 0.05) is 23.9 Å². The van der Waals surface area contributed by atoms with Crippen molar-refractivity contribution in [1.82, 2.24) is 9.88 Å². The number of aromatic nitrogens is 1. The highest BCUT2D eigenvalue weighted by molar-refractivity contribution is 5.59. The van der Waals surface area contributed by atoms with Gasteiger partial charge in [0.2, 0.25) is 0 Å². The number of methoxy groups -OCH3 is 1. The van der Waals surface area contributed by atoms with E-state index in [4.69, 9.17) is 9.47 Å². The molecule has 0 bridgehead atoms. The molecule has 8 heteroatoms. The van der Waals surface area contributed by atoms with Crippen LogP contribution >= 0.6 is 0 Å². The van der Waals surface area contributed by atoms with Crippen molar-refractivity contribution in [3.8, 4) is 11.5 Å². The monoisotopic (exact) mass is 482 g/mol. The van der Waals surface area contributed by atoms with Crippen LogP contribution in [0.1, 0.15) is 34.6 Å². The van der Waals surface area contributed by atoms with Crippen LogP contribution < -0.4 is 9.47 Å². The summed E-state index contributed by atoms with van der Waals surface area (Å²) >= 11 is 0. The zero-order chi connectivity index (χ0) is 25.0. The Labute approximate surface area is 202 Å². The fourth-order valence-electron chi connectivity index (χ4n) is 6.03. The smallest absolute Gasteiger partial charge is 0.263 e. The third-order valence-corrected chi connectivity index (χ3v) is 7.34. The summed E-state index contributed by atoms with van der Waals surface area (Å²) in [5, 5.41) is 24.5. The lowest BCUT2D eigenvalue weighted by Crippen LogP contribution is -2.52. The molecule has 2 aromatic carbocycles. The summed E-state index contributed by atoms with van der Waals surface area (Å²) in [7, 11) is 5.26. The summed E-state index contributed by atoms with van der Waals surface area (Å²) in [5.41, 5.74) is -1.95. The molecule has 0 saturated heterocycles. The number of rotatable bonds is 6. The third kappa shape index (κ3) is 3.27. The first-order valence-electron chi connectivity index (χ1n) is 11.5. The van der Waals surface area contributed by atoms with E-state index in [0.717, 1.165) is 5.56 Å². The number of ether oxygens (including phenoxy) is 2. The molecule has 0 radical (unpaired) electrons. The topological polar surface area (TPSA) is 75.0 Å². The predicted molar refractivity (Wildman–Crippen MR) is 126 cm³/mol. The van der Waals surface area contributed by atoms with E-state index in [9.17, 15) is 19.0 Å². The lowest BCUT2D eigenvalue weighted by atomic mass is 9.70. The fraction of sp³-hybridized carbons (Fsp3) is 0.370. The van der Waals surface area contributed by atoms with Crippen LogP contribution in [0.4, 0.5) is 8.78 Å². The van der Waals surface area contributed by atoms with Crippen molar-refractivity contribution in [2.75, 3.05) is 27.7 Å². The first kappa shape index (κ1) is 23.7. The Bertz CT molecular complexity index is 1210. The Morgan fingerprint density at radius 1 is 1.09 bits per heavy atom. The van der Waals surface area contributed by atoms with Crippen molar-refractivity contribution in [3.63, 3.8) is 0 Å². The maximum absolute atomic E-state index is 13.4. The van der Waals surface area contributed by atoms with Crippen LogP contribution in [0.5, 0.6) is 11.5 Å². The van der Waals surface area contributed by atoms with E-state index in [2.05, 4.69) is 4.98 Å². The quantitative estimate of drug-likeness (QED) is 0.556. The van der Waals surface area contributed by atoms with Crippen LogP contribution in [0.25, 0.3) is 0 Å². The van der Waals surface area contributed by atoms with E-state index in [1.807, 2.05) is 49.3 Å². The van der Waals surface area contributed by atoms with Gasteiger partial charge in [-0.25, -0.2) is 8.78 Å². The molecule has 6 nitrogen and oxygen atoms in total. The van der Waals surface area contributed by atoms with Crippen LogP contribution in [-0.4, -0.2) is 54.0 Å². The summed E-state index contributed by atoms with van der Waals surface area (Å²) in [4.78, 5) is 6.14. The number of aliphatic hydroxyl groups excluding tert-OH is 1. The van der Waals surface area contributed by atoms with Gasteiger partial charge in [0.15, 0.2) is 11.2 Å². The van der Waals surface area contributed by atoms with Gasteiger partial charge in [-0.05, 0) is 25.2 Å². The van der Waals surface area contributed by atoms with Crippen molar-refractivity contribution < 1.29 is 28.5 Å². The molecule has 1 aliphatic heterocycles. The second kappa shape index (κ2) is 8.55. The fourth-order valence-corrected chi connectivity index (χ4v) is 6.03. The van der Waals surface area contributed by atoms with Gasteiger partial charge in [-0.15, -0.1) is 0 Å². The van der Waals surface area contributed by atoms with E-state index in [1.54, 1.807) is 12.1 Å². The molecule has 0 unspecified atom stereocenters. The molecule has 35 heavy (non-hydrogen) atoms. The molecule has 3 aromatic rings.